The number of hydrogen-bond acceptors (Lipinski definition) is 6. The Bertz CT molecular complexity index is 1420. The van der Waals surface area contributed by atoms with Crippen LogP contribution in [-0.2, 0) is 31.5 Å². The van der Waals surface area contributed by atoms with E-state index in [9.17, 15) is 48.3 Å². The summed E-state index contributed by atoms with van der Waals surface area (Å²) in [6.45, 7) is 0. The molecule has 1 fully saturated rings. The van der Waals surface area contributed by atoms with Crippen LogP contribution in [0.3, 0.4) is 0 Å². The standard InChI is InChI=1S/C23H18F8N4O3S/c24-16-5-7-18(8-6-16)39(37,38)20(11-13(12-20)9-17(36)10-19-32-34-35-33-19)14-1-3-15(4-2-14)21(25,22(26,27)28)23(29,30)31/h1-8,13H,9-12H2,(H,32,33,34,35). The van der Waals surface area contributed by atoms with Gasteiger partial charge < -0.3 is 0 Å². The monoisotopic (exact) mass is 582 g/mol. The van der Waals surface area contributed by atoms with Crippen LogP contribution in [0.15, 0.2) is 53.4 Å². The van der Waals surface area contributed by atoms with Crippen LogP contribution in [0, 0.1) is 11.7 Å². The molecule has 0 radical (unpaired) electrons. The van der Waals surface area contributed by atoms with Crippen molar-refractivity contribution in [3.63, 3.8) is 0 Å². The second-order valence-corrected chi connectivity index (χ2v) is 11.5. The highest BCUT2D eigenvalue weighted by Gasteiger charge is 2.73. The van der Waals surface area contributed by atoms with E-state index in [2.05, 4.69) is 20.6 Å². The van der Waals surface area contributed by atoms with Gasteiger partial charge in [0.25, 0.3) is 0 Å². The van der Waals surface area contributed by atoms with Crippen molar-refractivity contribution in [2.45, 2.75) is 53.3 Å². The van der Waals surface area contributed by atoms with Crippen molar-refractivity contribution in [2.24, 2.45) is 5.92 Å². The Morgan fingerprint density at radius 3 is 1.97 bits per heavy atom. The average molecular weight is 582 g/mol. The van der Waals surface area contributed by atoms with Gasteiger partial charge in [-0.25, -0.2) is 17.2 Å². The Balaban J connectivity index is 1.70. The third kappa shape index (κ3) is 4.89. The molecule has 0 amide bonds. The third-order valence-corrected chi connectivity index (χ3v) is 9.22. The number of nitrogens with zero attached hydrogens (tertiary/aromatic N) is 3. The van der Waals surface area contributed by atoms with Crippen LogP contribution < -0.4 is 0 Å². The average Bonchev–Trinajstić information content (AvgIpc) is 3.32. The highest BCUT2D eigenvalue weighted by Crippen LogP contribution is 2.57. The first kappa shape index (κ1) is 28.6. The number of ketones is 1. The first-order valence-corrected chi connectivity index (χ1v) is 12.7. The summed E-state index contributed by atoms with van der Waals surface area (Å²) in [4.78, 5) is 12.0. The molecule has 0 unspecified atom stereocenters. The predicted molar refractivity (Wildman–Crippen MR) is 117 cm³/mol. The maximum Gasteiger partial charge on any atom is 0.435 e. The molecule has 0 atom stereocenters. The first-order chi connectivity index (χ1) is 18.0. The van der Waals surface area contributed by atoms with Gasteiger partial charge in [0.2, 0.25) is 0 Å². The number of halogens is 8. The molecule has 1 saturated carbocycles. The molecule has 4 rings (SSSR count). The van der Waals surface area contributed by atoms with Gasteiger partial charge in [0.05, 0.1) is 11.3 Å². The van der Waals surface area contributed by atoms with Gasteiger partial charge in [0.1, 0.15) is 16.3 Å². The molecule has 3 aromatic rings. The largest absolute Gasteiger partial charge is 0.435 e. The molecule has 1 aliphatic carbocycles. The fourth-order valence-corrected chi connectivity index (χ4v) is 7.09. The van der Waals surface area contributed by atoms with E-state index in [1.165, 1.54) is 0 Å². The highest BCUT2D eigenvalue weighted by molar-refractivity contribution is 7.92. The van der Waals surface area contributed by atoms with Gasteiger partial charge in [-0.3, -0.25) is 4.79 Å². The Hall–Kier alpha value is -3.43. The zero-order chi connectivity index (χ0) is 28.9. The molecular weight excluding hydrogens is 564 g/mol. The van der Waals surface area contributed by atoms with Crippen molar-refractivity contribution in [3.05, 3.63) is 71.3 Å². The lowest BCUT2D eigenvalue weighted by Gasteiger charge is -2.47. The number of Topliss-reactive ketones (excluding diaryl/α,β-unsaturated/α-hetero) is 1. The summed E-state index contributed by atoms with van der Waals surface area (Å²) in [6, 6.07) is 5.56. The van der Waals surface area contributed by atoms with E-state index in [1.54, 1.807) is 0 Å². The number of hydrogen-bond donors (Lipinski definition) is 1. The number of aromatic amines is 1. The van der Waals surface area contributed by atoms with E-state index in [0.29, 0.717) is 12.1 Å². The summed E-state index contributed by atoms with van der Waals surface area (Å²) in [5.74, 6) is -1.54. The second-order valence-electron chi connectivity index (χ2n) is 9.20. The zero-order valence-corrected chi connectivity index (χ0v) is 20.3. The van der Waals surface area contributed by atoms with Crippen LogP contribution in [0.4, 0.5) is 35.1 Å². The van der Waals surface area contributed by atoms with Crippen molar-refractivity contribution < 1.29 is 48.3 Å². The van der Waals surface area contributed by atoms with Crippen LogP contribution in [0.25, 0.3) is 0 Å². The quantitative estimate of drug-likeness (QED) is 0.299. The Labute approximate surface area is 215 Å². The molecule has 7 nitrogen and oxygen atoms in total. The van der Waals surface area contributed by atoms with Gasteiger partial charge in [0, 0.05) is 12.0 Å². The van der Waals surface area contributed by atoms with Crippen molar-refractivity contribution in [1.29, 1.82) is 0 Å². The molecule has 0 saturated heterocycles. The molecule has 0 bridgehead atoms. The summed E-state index contributed by atoms with van der Waals surface area (Å²) in [7, 11) is -4.41. The van der Waals surface area contributed by atoms with E-state index in [-0.39, 0.29) is 59.9 Å². The fourth-order valence-electron chi connectivity index (χ4n) is 4.79. The molecule has 2 aromatic carbocycles. The molecule has 1 heterocycles. The Kier molecular flexibility index (Phi) is 7.06. The fraction of sp³-hybridized carbons (Fsp3) is 0.391. The van der Waals surface area contributed by atoms with Crippen LogP contribution in [0.2, 0.25) is 0 Å². The lowest BCUT2D eigenvalue weighted by atomic mass is 9.68. The number of sulfone groups is 1. The van der Waals surface area contributed by atoms with E-state index < -0.39 is 49.9 Å². The van der Waals surface area contributed by atoms with Crippen molar-refractivity contribution in [3.8, 4) is 0 Å². The number of H-pyrrole nitrogens is 1. The van der Waals surface area contributed by atoms with Crippen molar-refractivity contribution in [2.75, 3.05) is 0 Å². The van der Waals surface area contributed by atoms with E-state index in [1.807, 2.05) is 0 Å². The SMILES string of the molecule is O=C(Cc1nn[nH]n1)CC1CC(c2ccc(C(F)(C(F)(F)F)C(F)(F)F)cc2)(S(=O)(=O)c2ccc(F)cc2)C1. The van der Waals surface area contributed by atoms with Gasteiger partial charge >= 0.3 is 18.0 Å². The van der Waals surface area contributed by atoms with Gasteiger partial charge in [-0.2, -0.15) is 31.6 Å². The predicted octanol–water partition coefficient (Wildman–Crippen LogP) is 4.91. The molecular formula is C23H18F8N4O3S. The lowest BCUT2D eigenvalue weighted by molar-refractivity contribution is -0.348. The number of carbonyl (C=O) groups excluding carboxylic acids is 1. The number of nitrogens with one attached hydrogen (secondary N) is 1. The zero-order valence-electron chi connectivity index (χ0n) is 19.5. The number of aromatic nitrogens is 4. The third-order valence-electron chi connectivity index (χ3n) is 6.73. The first-order valence-electron chi connectivity index (χ1n) is 11.2. The molecule has 0 spiro atoms. The van der Waals surface area contributed by atoms with Gasteiger partial charge in [-0.15, -0.1) is 10.2 Å². The summed E-state index contributed by atoms with van der Waals surface area (Å²) < 4.78 is 132. The van der Waals surface area contributed by atoms with Crippen LogP contribution in [0.1, 0.15) is 36.2 Å². The minimum Gasteiger partial charge on any atom is -0.299 e. The number of benzene rings is 2. The Morgan fingerprint density at radius 1 is 0.923 bits per heavy atom. The minimum absolute atomic E-state index is 0.101. The molecule has 1 N–H and O–H groups in total. The maximum absolute atomic E-state index is 14.5. The second kappa shape index (κ2) is 9.64. The highest BCUT2D eigenvalue weighted by atomic mass is 32.2. The molecule has 1 aromatic heterocycles. The molecule has 210 valence electrons. The summed E-state index contributed by atoms with van der Waals surface area (Å²) >= 11 is 0. The minimum atomic E-state index is -6.34. The molecule has 39 heavy (non-hydrogen) atoms. The smallest absolute Gasteiger partial charge is 0.299 e. The number of alkyl halides is 7. The molecule has 0 aliphatic heterocycles. The number of tetrazole rings is 1. The summed E-state index contributed by atoms with van der Waals surface area (Å²) in [6.07, 6.45) is -13.5. The van der Waals surface area contributed by atoms with Gasteiger partial charge in [-0.1, -0.05) is 29.5 Å². The van der Waals surface area contributed by atoms with Crippen LogP contribution in [0.5, 0.6) is 0 Å². The van der Waals surface area contributed by atoms with Crippen LogP contribution in [-0.4, -0.2) is 47.2 Å². The normalized spacial score (nSPS) is 20.5. The van der Waals surface area contributed by atoms with Crippen LogP contribution >= 0.6 is 0 Å². The van der Waals surface area contributed by atoms with E-state index in [0.717, 1.165) is 24.3 Å². The molecule has 1 aliphatic rings. The number of carbonyl (C=O) groups is 1. The van der Waals surface area contributed by atoms with Crippen molar-refractivity contribution >= 4 is 15.6 Å². The number of rotatable bonds is 8. The van der Waals surface area contributed by atoms with E-state index >= 15 is 0 Å². The summed E-state index contributed by atoms with van der Waals surface area (Å²) in [5.41, 5.74) is -7.67. The van der Waals surface area contributed by atoms with E-state index in [4.69, 9.17) is 0 Å². The molecule has 16 heteroatoms. The summed E-state index contributed by atoms with van der Waals surface area (Å²) in [5, 5.41) is 12.8. The van der Waals surface area contributed by atoms with Gasteiger partial charge in [0.15, 0.2) is 15.7 Å². The maximum atomic E-state index is 14.5. The lowest BCUT2D eigenvalue weighted by Crippen LogP contribution is -2.50. The van der Waals surface area contributed by atoms with Crippen molar-refractivity contribution in [1.82, 2.24) is 20.6 Å². The Morgan fingerprint density at radius 2 is 1.49 bits per heavy atom. The topological polar surface area (TPSA) is 106 Å². The van der Waals surface area contributed by atoms with Gasteiger partial charge in [-0.05, 0) is 48.6 Å².